The fourth-order valence-electron chi connectivity index (χ4n) is 4.64. The predicted molar refractivity (Wildman–Crippen MR) is 117 cm³/mol. The van der Waals surface area contributed by atoms with E-state index in [2.05, 4.69) is 28.3 Å². The van der Waals surface area contributed by atoms with Gasteiger partial charge in [-0.3, -0.25) is 14.2 Å². The van der Waals surface area contributed by atoms with Crippen molar-refractivity contribution in [2.75, 3.05) is 13.1 Å². The van der Waals surface area contributed by atoms with E-state index in [0.29, 0.717) is 30.2 Å². The van der Waals surface area contributed by atoms with Gasteiger partial charge in [-0.25, -0.2) is 14.3 Å². The minimum atomic E-state index is -0.529. The first-order chi connectivity index (χ1) is 15.0. The van der Waals surface area contributed by atoms with Crippen molar-refractivity contribution in [2.45, 2.75) is 25.3 Å². The van der Waals surface area contributed by atoms with E-state index in [4.69, 9.17) is 0 Å². The topological polar surface area (TPSA) is 97.9 Å². The van der Waals surface area contributed by atoms with Crippen molar-refractivity contribution in [3.8, 4) is 0 Å². The van der Waals surface area contributed by atoms with Crippen LogP contribution in [0.4, 0.5) is 0 Å². The number of aromatic amines is 1. The SMILES string of the molecule is Cn1cnc2c1c(=O)n(CC(=O)N1CCC(c3c[nH]c4ccccc34)CC1)c(=O)n2C. The van der Waals surface area contributed by atoms with E-state index < -0.39 is 11.2 Å². The highest BCUT2D eigenvalue weighted by molar-refractivity contribution is 5.83. The van der Waals surface area contributed by atoms with Gasteiger partial charge in [0.15, 0.2) is 11.2 Å². The average molecular weight is 420 g/mol. The number of rotatable bonds is 3. The summed E-state index contributed by atoms with van der Waals surface area (Å²) < 4.78 is 3.90. The summed E-state index contributed by atoms with van der Waals surface area (Å²) in [6.07, 6.45) is 5.26. The number of hydrogen-bond acceptors (Lipinski definition) is 4. The summed E-state index contributed by atoms with van der Waals surface area (Å²) in [6, 6.07) is 8.24. The molecule has 3 aromatic heterocycles. The number of benzene rings is 1. The quantitative estimate of drug-likeness (QED) is 0.541. The first-order valence-corrected chi connectivity index (χ1v) is 10.4. The summed E-state index contributed by atoms with van der Waals surface area (Å²) in [6.45, 7) is 0.947. The van der Waals surface area contributed by atoms with Gasteiger partial charge in [0.05, 0.1) is 6.33 Å². The molecule has 0 aliphatic carbocycles. The number of fused-ring (bicyclic) bond motifs is 2. The molecule has 0 unspecified atom stereocenters. The van der Waals surface area contributed by atoms with E-state index in [9.17, 15) is 14.4 Å². The smallest absolute Gasteiger partial charge is 0.332 e. The molecule has 4 aromatic rings. The number of H-pyrrole nitrogens is 1. The van der Waals surface area contributed by atoms with Crippen molar-refractivity contribution < 1.29 is 4.79 Å². The molecule has 1 amide bonds. The minimum Gasteiger partial charge on any atom is -0.361 e. The highest BCUT2D eigenvalue weighted by Crippen LogP contribution is 2.33. The molecule has 31 heavy (non-hydrogen) atoms. The van der Waals surface area contributed by atoms with Gasteiger partial charge in [-0.2, -0.15) is 0 Å². The number of carbonyl (C=O) groups excluding carboxylic acids is 1. The second-order valence-electron chi connectivity index (χ2n) is 8.21. The van der Waals surface area contributed by atoms with Gasteiger partial charge in [0.2, 0.25) is 5.91 Å². The molecular formula is C22H24N6O3. The zero-order valence-corrected chi connectivity index (χ0v) is 17.5. The van der Waals surface area contributed by atoms with Gasteiger partial charge in [0.1, 0.15) is 6.54 Å². The van der Waals surface area contributed by atoms with Gasteiger partial charge < -0.3 is 14.5 Å². The summed E-state index contributed by atoms with van der Waals surface area (Å²) in [4.78, 5) is 47.6. The maximum absolute atomic E-state index is 12.9. The number of piperidine rings is 1. The number of amides is 1. The zero-order chi connectivity index (χ0) is 21.7. The molecule has 9 heteroatoms. The summed E-state index contributed by atoms with van der Waals surface area (Å²) in [5, 5.41) is 1.23. The Hall–Kier alpha value is -3.62. The molecule has 1 N–H and O–H groups in total. The Morgan fingerprint density at radius 2 is 1.90 bits per heavy atom. The van der Waals surface area contributed by atoms with Crippen LogP contribution in [-0.4, -0.2) is 47.6 Å². The zero-order valence-electron chi connectivity index (χ0n) is 17.5. The van der Waals surface area contributed by atoms with Crippen molar-refractivity contribution in [3.63, 3.8) is 0 Å². The predicted octanol–water partition coefficient (Wildman–Crippen LogP) is 1.32. The molecule has 9 nitrogen and oxygen atoms in total. The van der Waals surface area contributed by atoms with Gasteiger partial charge >= 0.3 is 5.69 Å². The lowest BCUT2D eigenvalue weighted by molar-refractivity contribution is -0.133. The molecule has 0 spiro atoms. The molecule has 1 aliphatic rings. The first kappa shape index (κ1) is 19.3. The Morgan fingerprint density at radius 1 is 1.16 bits per heavy atom. The number of aromatic nitrogens is 5. The monoisotopic (exact) mass is 420 g/mol. The number of aryl methyl sites for hydroxylation is 2. The number of hydrogen-bond donors (Lipinski definition) is 1. The third kappa shape index (κ3) is 3.08. The van der Waals surface area contributed by atoms with Crippen LogP contribution in [0.15, 0.2) is 46.4 Å². The van der Waals surface area contributed by atoms with Crippen LogP contribution in [0.25, 0.3) is 22.1 Å². The Labute approximate surface area is 177 Å². The summed E-state index contributed by atoms with van der Waals surface area (Å²) in [5.41, 5.74) is 2.03. The molecule has 1 aromatic carbocycles. The van der Waals surface area contributed by atoms with E-state index in [-0.39, 0.29) is 12.5 Å². The third-order valence-corrected chi connectivity index (χ3v) is 6.40. The Bertz CT molecular complexity index is 1410. The van der Waals surface area contributed by atoms with Crippen LogP contribution in [0.5, 0.6) is 0 Å². The molecular weight excluding hydrogens is 396 g/mol. The van der Waals surface area contributed by atoms with E-state index >= 15 is 0 Å². The summed E-state index contributed by atoms with van der Waals surface area (Å²) >= 11 is 0. The molecule has 1 saturated heterocycles. The second kappa shape index (κ2) is 7.26. The maximum atomic E-state index is 12.9. The van der Waals surface area contributed by atoms with Gasteiger partial charge in [0.25, 0.3) is 5.56 Å². The van der Waals surface area contributed by atoms with Gasteiger partial charge in [-0.15, -0.1) is 0 Å². The third-order valence-electron chi connectivity index (χ3n) is 6.40. The van der Waals surface area contributed by atoms with E-state index in [1.54, 1.807) is 23.6 Å². The lowest BCUT2D eigenvalue weighted by Crippen LogP contribution is -2.46. The normalized spacial score (nSPS) is 15.2. The van der Waals surface area contributed by atoms with Crippen LogP contribution in [0.3, 0.4) is 0 Å². The fourth-order valence-corrected chi connectivity index (χ4v) is 4.64. The molecule has 160 valence electrons. The molecule has 0 saturated carbocycles. The Balaban J connectivity index is 1.34. The van der Waals surface area contributed by atoms with Crippen molar-refractivity contribution in [1.29, 1.82) is 0 Å². The number of imidazole rings is 1. The van der Waals surface area contributed by atoms with Crippen LogP contribution in [-0.2, 0) is 25.4 Å². The van der Waals surface area contributed by atoms with Crippen LogP contribution in [0.1, 0.15) is 24.3 Å². The minimum absolute atomic E-state index is 0.210. The van der Waals surface area contributed by atoms with Gasteiger partial charge in [-0.1, -0.05) is 18.2 Å². The Morgan fingerprint density at radius 3 is 2.68 bits per heavy atom. The molecule has 1 aliphatic heterocycles. The van der Waals surface area contributed by atoms with E-state index in [1.165, 1.54) is 21.8 Å². The fraction of sp³-hybridized carbons (Fsp3) is 0.364. The summed E-state index contributed by atoms with van der Waals surface area (Å²) in [5.74, 6) is 0.166. The molecule has 0 bridgehead atoms. The lowest BCUT2D eigenvalue weighted by Gasteiger charge is -2.32. The highest BCUT2D eigenvalue weighted by atomic mass is 16.2. The number of nitrogens with one attached hydrogen (secondary N) is 1. The molecule has 1 fully saturated rings. The number of nitrogens with zero attached hydrogens (tertiary/aromatic N) is 5. The lowest BCUT2D eigenvalue weighted by atomic mass is 9.89. The van der Waals surface area contributed by atoms with Gasteiger partial charge in [-0.05, 0) is 30.4 Å². The number of likely N-dealkylation sites (tertiary alicyclic amines) is 1. The average Bonchev–Trinajstić information content (AvgIpc) is 3.39. The molecule has 5 rings (SSSR count). The van der Waals surface area contributed by atoms with Crippen LogP contribution in [0.2, 0.25) is 0 Å². The molecule has 0 atom stereocenters. The highest BCUT2D eigenvalue weighted by Gasteiger charge is 2.26. The van der Waals surface area contributed by atoms with Crippen LogP contribution in [0, 0.1) is 0 Å². The second-order valence-corrected chi connectivity index (χ2v) is 8.21. The largest absolute Gasteiger partial charge is 0.361 e. The molecule has 4 heterocycles. The van der Waals surface area contributed by atoms with Crippen LogP contribution >= 0.6 is 0 Å². The molecule has 0 radical (unpaired) electrons. The first-order valence-electron chi connectivity index (χ1n) is 10.4. The van der Waals surface area contributed by atoms with E-state index in [1.807, 2.05) is 12.1 Å². The number of carbonyl (C=O) groups is 1. The van der Waals surface area contributed by atoms with Crippen molar-refractivity contribution in [3.05, 3.63) is 63.2 Å². The number of para-hydroxylation sites is 1. The standard InChI is InChI=1S/C22H24N6O3/c1-25-13-24-20-19(25)21(30)28(22(31)26(20)2)12-18(29)27-9-7-14(8-10-27)16-11-23-17-6-4-3-5-15(16)17/h3-6,11,13-14,23H,7-10,12H2,1-2H3. The van der Waals surface area contributed by atoms with Crippen molar-refractivity contribution >= 4 is 28.0 Å². The summed E-state index contributed by atoms with van der Waals surface area (Å²) in [7, 11) is 3.26. The Kier molecular flexibility index (Phi) is 4.53. The van der Waals surface area contributed by atoms with Crippen molar-refractivity contribution in [2.24, 2.45) is 14.1 Å². The maximum Gasteiger partial charge on any atom is 0.332 e. The van der Waals surface area contributed by atoms with Gasteiger partial charge in [0, 0.05) is 44.3 Å². The van der Waals surface area contributed by atoms with Crippen LogP contribution < -0.4 is 11.2 Å². The van der Waals surface area contributed by atoms with E-state index in [0.717, 1.165) is 22.9 Å². The van der Waals surface area contributed by atoms with Crippen molar-refractivity contribution in [1.82, 2.24) is 28.6 Å².